The maximum Gasteiger partial charge on any atom is 0.256 e. The standard InChI is InChI=1S/C19H19FN4O2/c1-10-16(22-9-17(10)24-19(26)15-3-2-6-21-15)8-13-12-7-11(20)4-5-14(12)23-18(13)25/h4-5,7-9,15,21-22H,2-3,6H2,1H3,(H,23,25)(H,24,26). The van der Waals surface area contributed by atoms with Gasteiger partial charge in [0.05, 0.1) is 17.3 Å². The van der Waals surface area contributed by atoms with Crippen molar-refractivity contribution in [2.45, 2.75) is 25.8 Å². The van der Waals surface area contributed by atoms with Gasteiger partial charge in [-0.1, -0.05) is 0 Å². The number of amides is 2. The van der Waals surface area contributed by atoms with Gasteiger partial charge in [-0.25, -0.2) is 4.39 Å². The molecule has 134 valence electrons. The summed E-state index contributed by atoms with van der Waals surface area (Å²) in [5.74, 6) is -0.735. The van der Waals surface area contributed by atoms with Gasteiger partial charge in [0.2, 0.25) is 5.91 Å². The van der Waals surface area contributed by atoms with Crippen LogP contribution in [0.4, 0.5) is 15.8 Å². The van der Waals surface area contributed by atoms with Crippen LogP contribution in [-0.2, 0) is 9.59 Å². The summed E-state index contributed by atoms with van der Waals surface area (Å²) in [7, 11) is 0. The summed E-state index contributed by atoms with van der Waals surface area (Å²) in [5.41, 5.74) is 3.70. The molecule has 1 unspecified atom stereocenters. The van der Waals surface area contributed by atoms with Crippen molar-refractivity contribution in [2.75, 3.05) is 17.2 Å². The number of hydrogen-bond acceptors (Lipinski definition) is 3. The fraction of sp³-hybridized carbons (Fsp3) is 0.263. The van der Waals surface area contributed by atoms with E-state index in [1.54, 1.807) is 18.3 Å². The number of hydrogen-bond donors (Lipinski definition) is 4. The molecule has 2 aliphatic rings. The molecule has 1 atom stereocenters. The molecular formula is C19H19FN4O2. The average molecular weight is 354 g/mol. The Morgan fingerprint density at radius 3 is 3.00 bits per heavy atom. The summed E-state index contributed by atoms with van der Waals surface area (Å²) in [4.78, 5) is 27.6. The first-order chi connectivity index (χ1) is 12.5. The van der Waals surface area contributed by atoms with E-state index < -0.39 is 5.82 Å². The first kappa shape index (κ1) is 16.5. The topological polar surface area (TPSA) is 86.0 Å². The van der Waals surface area contributed by atoms with Crippen molar-refractivity contribution in [3.05, 3.63) is 47.0 Å². The molecular weight excluding hydrogens is 335 g/mol. The van der Waals surface area contributed by atoms with Gasteiger partial charge in [-0.2, -0.15) is 0 Å². The second-order valence-corrected chi connectivity index (χ2v) is 6.58. The van der Waals surface area contributed by atoms with Gasteiger partial charge in [-0.15, -0.1) is 0 Å². The number of rotatable bonds is 3. The fourth-order valence-electron chi connectivity index (χ4n) is 3.37. The lowest BCUT2D eigenvalue weighted by Gasteiger charge is -2.10. The van der Waals surface area contributed by atoms with E-state index in [1.807, 2.05) is 6.92 Å². The van der Waals surface area contributed by atoms with Crippen molar-refractivity contribution >= 4 is 34.8 Å². The largest absolute Gasteiger partial charge is 0.360 e. The molecule has 4 rings (SSSR count). The lowest BCUT2D eigenvalue weighted by molar-refractivity contribution is -0.117. The molecule has 2 amide bonds. The summed E-state index contributed by atoms with van der Waals surface area (Å²) in [6.45, 7) is 2.71. The number of aromatic amines is 1. The van der Waals surface area contributed by atoms with Crippen LogP contribution in [0.15, 0.2) is 24.4 Å². The molecule has 2 aromatic rings. The van der Waals surface area contributed by atoms with Crippen LogP contribution in [0.1, 0.15) is 29.7 Å². The highest BCUT2D eigenvalue weighted by molar-refractivity contribution is 6.34. The smallest absolute Gasteiger partial charge is 0.256 e. The van der Waals surface area contributed by atoms with Gasteiger partial charge < -0.3 is 20.9 Å². The normalized spacial score (nSPS) is 20.3. The zero-order valence-electron chi connectivity index (χ0n) is 14.3. The van der Waals surface area contributed by atoms with E-state index in [1.165, 1.54) is 12.1 Å². The van der Waals surface area contributed by atoms with Gasteiger partial charge in [-0.05, 0) is 56.1 Å². The van der Waals surface area contributed by atoms with Crippen LogP contribution >= 0.6 is 0 Å². The molecule has 0 bridgehead atoms. The molecule has 0 saturated carbocycles. The Labute approximate surface area is 149 Å². The van der Waals surface area contributed by atoms with Crippen LogP contribution in [0.3, 0.4) is 0 Å². The highest BCUT2D eigenvalue weighted by atomic mass is 19.1. The molecule has 0 aliphatic carbocycles. The van der Waals surface area contributed by atoms with E-state index in [2.05, 4.69) is 20.9 Å². The van der Waals surface area contributed by atoms with Gasteiger partial charge in [0.15, 0.2) is 0 Å². The predicted octanol–water partition coefficient (Wildman–Crippen LogP) is 2.65. The van der Waals surface area contributed by atoms with Crippen LogP contribution in [0.5, 0.6) is 0 Å². The molecule has 1 aromatic heterocycles. The van der Waals surface area contributed by atoms with Crippen LogP contribution in [-0.4, -0.2) is 29.4 Å². The molecule has 0 spiro atoms. The second-order valence-electron chi connectivity index (χ2n) is 6.58. The summed E-state index contributed by atoms with van der Waals surface area (Å²) in [6.07, 6.45) is 5.20. The van der Waals surface area contributed by atoms with Crippen molar-refractivity contribution in [1.82, 2.24) is 10.3 Å². The molecule has 26 heavy (non-hydrogen) atoms. The molecule has 1 fully saturated rings. The molecule has 4 N–H and O–H groups in total. The average Bonchev–Trinajstić information content (AvgIpc) is 3.32. The summed E-state index contributed by atoms with van der Waals surface area (Å²) in [5, 5.41) is 8.80. The summed E-state index contributed by atoms with van der Waals surface area (Å²) < 4.78 is 13.5. The molecule has 6 nitrogen and oxygen atoms in total. The van der Waals surface area contributed by atoms with Gasteiger partial charge in [0, 0.05) is 23.1 Å². The number of carbonyl (C=O) groups excluding carboxylic acids is 2. The van der Waals surface area contributed by atoms with Crippen LogP contribution in [0, 0.1) is 12.7 Å². The van der Waals surface area contributed by atoms with E-state index in [-0.39, 0.29) is 17.9 Å². The van der Waals surface area contributed by atoms with Crippen molar-refractivity contribution in [3.8, 4) is 0 Å². The van der Waals surface area contributed by atoms with E-state index in [0.717, 1.165) is 24.9 Å². The Kier molecular flexibility index (Phi) is 4.08. The van der Waals surface area contributed by atoms with Crippen molar-refractivity contribution < 1.29 is 14.0 Å². The molecule has 7 heteroatoms. The number of carbonyl (C=O) groups is 2. The minimum atomic E-state index is -0.397. The Bertz CT molecular complexity index is 926. The maximum atomic E-state index is 13.5. The third kappa shape index (κ3) is 2.90. The SMILES string of the molecule is Cc1c(NC(=O)C2CCCN2)c[nH]c1C=C1C(=O)Nc2ccc(F)cc21. The fourth-order valence-corrected chi connectivity index (χ4v) is 3.37. The maximum absolute atomic E-state index is 13.5. The lowest BCUT2D eigenvalue weighted by Crippen LogP contribution is -2.35. The quantitative estimate of drug-likeness (QED) is 0.639. The van der Waals surface area contributed by atoms with E-state index in [4.69, 9.17) is 0 Å². The minimum Gasteiger partial charge on any atom is -0.360 e. The summed E-state index contributed by atoms with van der Waals surface area (Å²) >= 11 is 0. The number of benzene rings is 1. The number of anilines is 2. The number of nitrogens with one attached hydrogen (secondary N) is 4. The molecule has 2 aliphatic heterocycles. The molecule has 1 aromatic carbocycles. The summed E-state index contributed by atoms with van der Waals surface area (Å²) in [6, 6.07) is 4.03. The Hall–Kier alpha value is -2.93. The second kappa shape index (κ2) is 6.42. The molecule has 3 heterocycles. The molecule has 1 saturated heterocycles. The number of H-pyrrole nitrogens is 1. The first-order valence-electron chi connectivity index (χ1n) is 8.58. The minimum absolute atomic E-state index is 0.0603. The molecule has 0 radical (unpaired) electrons. The van der Waals surface area contributed by atoms with Crippen molar-refractivity contribution in [3.63, 3.8) is 0 Å². The van der Waals surface area contributed by atoms with E-state index in [0.29, 0.717) is 28.2 Å². The Morgan fingerprint density at radius 2 is 2.23 bits per heavy atom. The van der Waals surface area contributed by atoms with Gasteiger partial charge in [0.1, 0.15) is 5.82 Å². The monoisotopic (exact) mass is 354 g/mol. The van der Waals surface area contributed by atoms with Crippen LogP contribution < -0.4 is 16.0 Å². The zero-order valence-corrected chi connectivity index (χ0v) is 14.3. The van der Waals surface area contributed by atoms with Gasteiger partial charge >= 0.3 is 0 Å². The van der Waals surface area contributed by atoms with Crippen molar-refractivity contribution in [1.29, 1.82) is 0 Å². The highest BCUT2D eigenvalue weighted by Gasteiger charge is 2.26. The first-order valence-corrected chi connectivity index (χ1v) is 8.58. The Morgan fingerprint density at radius 1 is 1.38 bits per heavy atom. The third-order valence-electron chi connectivity index (χ3n) is 4.87. The number of aromatic nitrogens is 1. The zero-order chi connectivity index (χ0) is 18.3. The predicted molar refractivity (Wildman–Crippen MR) is 98.1 cm³/mol. The van der Waals surface area contributed by atoms with Gasteiger partial charge in [-0.3, -0.25) is 9.59 Å². The number of halogens is 1. The van der Waals surface area contributed by atoms with Crippen molar-refractivity contribution in [2.24, 2.45) is 0 Å². The van der Waals surface area contributed by atoms with Crippen LogP contribution in [0.2, 0.25) is 0 Å². The third-order valence-corrected chi connectivity index (χ3v) is 4.87. The lowest BCUT2D eigenvalue weighted by atomic mass is 10.0. The van der Waals surface area contributed by atoms with E-state index in [9.17, 15) is 14.0 Å². The van der Waals surface area contributed by atoms with E-state index >= 15 is 0 Å². The van der Waals surface area contributed by atoms with Crippen LogP contribution in [0.25, 0.3) is 11.6 Å². The highest BCUT2D eigenvalue weighted by Crippen LogP contribution is 2.34. The Balaban J connectivity index is 1.61. The number of fused-ring (bicyclic) bond motifs is 1. The van der Waals surface area contributed by atoms with Gasteiger partial charge in [0.25, 0.3) is 5.91 Å².